The number of hydrogen-bond donors (Lipinski definition) is 0. The number of hydrogen-bond acceptors (Lipinski definition) is 1. The average molecular weight is 448 g/mol. The van der Waals surface area contributed by atoms with Gasteiger partial charge in [0.15, 0.2) is 0 Å². The maximum Gasteiger partial charge on any atom is 0.0239 e. The van der Waals surface area contributed by atoms with Crippen molar-refractivity contribution in [3.05, 3.63) is 75.9 Å². The van der Waals surface area contributed by atoms with E-state index in [1.807, 2.05) is 6.08 Å². The van der Waals surface area contributed by atoms with Crippen molar-refractivity contribution in [3.63, 3.8) is 0 Å². The zero-order valence-corrected chi connectivity index (χ0v) is 22.5. The summed E-state index contributed by atoms with van der Waals surface area (Å²) in [6, 6.07) is 12.0. The van der Waals surface area contributed by atoms with Gasteiger partial charge in [0, 0.05) is 12.6 Å². The minimum Gasteiger partial charge on any atom is -0.297 e. The molecule has 0 aliphatic rings. The van der Waals surface area contributed by atoms with Crippen molar-refractivity contribution in [2.24, 2.45) is 0 Å². The van der Waals surface area contributed by atoms with E-state index >= 15 is 0 Å². The third-order valence-electron chi connectivity index (χ3n) is 7.60. The van der Waals surface area contributed by atoms with Crippen LogP contribution in [0.15, 0.2) is 36.9 Å². The molecular weight excluding hydrogens is 398 g/mol. The molecule has 1 atom stereocenters. The standard InChI is InChI=1S/C32H49N/c1-8-12-13-14-15-18-26(6)33(11-4)24-30-21-20-29(27(7)31(30)10-3)22-23-32-25(5)17-16-19-28(32)9-2/h9,16-17,19-21,26H,2,8,10-15,18,22-24H2,1,3-7H3. The van der Waals surface area contributed by atoms with Crippen LogP contribution in [-0.2, 0) is 25.8 Å². The first-order valence-electron chi connectivity index (χ1n) is 13.5. The minimum atomic E-state index is 0.652. The molecule has 1 heteroatoms. The predicted octanol–water partition coefficient (Wildman–Crippen LogP) is 8.86. The fourth-order valence-electron chi connectivity index (χ4n) is 5.31. The van der Waals surface area contributed by atoms with Gasteiger partial charge >= 0.3 is 0 Å². The van der Waals surface area contributed by atoms with E-state index in [-0.39, 0.29) is 0 Å². The Morgan fingerprint density at radius 2 is 1.61 bits per heavy atom. The highest BCUT2D eigenvalue weighted by molar-refractivity contribution is 5.54. The van der Waals surface area contributed by atoms with E-state index < -0.39 is 0 Å². The second-order valence-corrected chi connectivity index (χ2v) is 9.80. The van der Waals surface area contributed by atoms with Crippen LogP contribution in [0.25, 0.3) is 6.08 Å². The van der Waals surface area contributed by atoms with E-state index in [0.717, 1.165) is 32.4 Å². The highest BCUT2D eigenvalue weighted by atomic mass is 15.1. The Labute approximate surface area is 205 Å². The van der Waals surface area contributed by atoms with Gasteiger partial charge < -0.3 is 0 Å². The molecule has 0 radical (unpaired) electrons. The zero-order valence-electron chi connectivity index (χ0n) is 22.5. The number of rotatable bonds is 15. The number of nitrogens with zero attached hydrogens (tertiary/aromatic N) is 1. The van der Waals surface area contributed by atoms with Gasteiger partial charge in [-0.25, -0.2) is 0 Å². The molecule has 0 aliphatic carbocycles. The Kier molecular flexibility index (Phi) is 12.0. The minimum absolute atomic E-state index is 0.652. The lowest BCUT2D eigenvalue weighted by Gasteiger charge is -2.29. The molecule has 1 nitrogen and oxygen atoms in total. The van der Waals surface area contributed by atoms with Crippen LogP contribution < -0.4 is 0 Å². The van der Waals surface area contributed by atoms with E-state index in [4.69, 9.17) is 0 Å². The lowest BCUT2D eigenvalue weighted by molar-refractivity contribution is 0.197. The number of unbranched alkanes of at least 4 members (excludes halogenated alkanes) is 4. The summed E-state index contributed by atoms with van der Waals surface area (Å²) < 4.78 is 0. The zero-order chi connectivity index (χ0) is 24.2. The van der Waals surface area contributed by atoms with Crippen LogP contribution in [0.3, 0.4) is 0 Å². The molecule has 0 saturated carbocycles. The number of aryl methyl sites for hydroxylation is 2. The summed E-state index contributed by atoms with van der Waals surface area (Å²) in [5.41, 5.74) is 10.2. The molecule has 0 aliphatic heterocycles. The lowest BCUT2D eigenvalue weighted by Crippen LogP contribution is -2.32. The molecule has 2 rings (SSSR count). The summed E-state index contributed by atoms with van der Waals surface area (Å²) in [6.45, 7) is 20.1. The molecule has 2 aromatic carbocycles. The third-order valence-corrected chi connectivity index (χ3v) is 7.60. The fraction of sp³-hybridized carbons (Fsp3) is 0.562. The van der Waals surface area contributed by atoms with Crippen LogP contribution in [0.1, 0.15) is 105 Å². The van der Waals surface area contributed by atoms with E-state index in [9.17, 15) is 0 Å². The van der Waals surface area contributed by atoms with Crippen LogP contribution in [0.4, 0.5) is 0 Å². The van der Waals surface area contributed by atoms with Gasteiger partial charge in [-0.1, -0.05) is 95.9 Å². The van der Waals surface area contributed by atoms with Gasteiger partial charge in [0.05, 0.1) is 0 Å². The molecule has 0 aromatic heterocycles. The van der Waals surface area contributed by atoms with Crippen molar-refractivity contribution in [1.29, 1.82) is 0 Å². The van der Waals surface area contributed by atoms with Crippen LogP contribution in [-0.4, -0.2) is 17.5 Å². The van der Waals surface area contributed by atoms with Crippen molar-refractivity contribution in [1.82, 2.24) is 4.90 Å². The van der Waals surface area contributed by atoms with E-state index in [1.165, 1.54) is 71.9 Å². The van der Waals surface area contributed by atoms with Gasteiger partial charge in [-0.2, -0.15) is 0 Å². The summed E-state index contributed by atoms with van der Waals surface area (Å²) in [5, 5.41) is 0. The topological polar surface area (TPSA) is 3.24 Å². The molecule has 0 heterocycles. The Morgan fingerprint density at radius 3 is 2.27 bits per heavy atom. The Bertz CT molecular complexity index is 863. The summed E-state index contributed by atoms with van der Waals surface area (Å²) in [4.78, 5) is 2.68. The van der Waals surface area contributed by atoms with Crippen molar-refractivity contribution in [2.45, 2.75) is 112 Å². The van der Waals surface area contributed by atoms with Gasteiger partial charge in [0.1, 0.15) is 0 Å². The lowest BCUT2D eigenvalue weighted by atomic mass is 9.90. The quantitative estimate of drug-likeness (QED) is 0.246. The van der Waals surface area contributed by atoms with Crippen LogP contribution >= 0.6 is 0 Å². The van der Waals surface area contributed by atoms with Gasteiger partial charge in [-0.05, 0) is 91.9 Å². The van der Waals surface area contributed by atoms with E-state index in [1.54, 1.807) is 5.56 Å². The second-order valence-electron chi connectivity index (χ2n) is 9.80. The molecular formula is C32H49N. The predicted molar refractivity (Wildman–Crippen MR) is 148 cm³/mol. The SMILES string of the molecule is C=Cc1cccc(C)c1CCc1ccc(CN(CC)C(C)CCCCCCC)c(CC)c1C. The van der Waals surface area contributed by atoms with Gasteiger partial charge in [0.2, 0.25) is 0 Å². The van der Waals surface area contributed by atoms with Crippen molar-refractivity contribution >= 4 is 6.08 Å². The Morgan fingerprint density at radius 1 is 0.879 bits per heavy atom. The summed E-state index contributed by atoms with van der Waals surface area (Å²) in [7, 11) is 0. The fourth-order valence-corrected chi connectivity index (χ4v) is 5.31. The van der Waals surface area contributed by atoms with E-state index in [0.29, 0.717) is 6.04 Å². The smallest absolute Gasteiger partial charge is 0.0239 e. The van der Waals surface area contributed by atoms with Crippen LogP contribution in [0.5, 0.6) is 0 Å². The first kappa shape index (κ1) is 27.4. The molecule has 33 heavy (non-hydrogen) atoms. The molecule has 0 bridgehead atoms. The highest BCUT2D eigenvalue weighted by Gasteiger charge is 2.16. The van der Waals surface area contributed by atoms with Gasteiger partial charge in [-0.3, -0.25) is 4.90 Å². The molecule has 0 amide bonds. The second kappa shape index (κ2) is 14.4. The highest BCUT2D eigenvalue weighted by Crippen LogP contribution is 2.25. The maximum atomic E-state index is 4.02. The molecule has 1 unspecified atom stereocenters. The molecule has 182 valence electrons. The normalized spacial score (nSPS) is 12.3. The average Bonchev–Trinajstić information content (AvgIpc) is 2.82. The van der Waals surface area contributed by atoms with Crippen molar-refractivity contribution < 1.29 is 0 Å². The van der Waals surface area contributed by atoms with Gasteiger partial charge in [0.25, 0.3) is 0 Å². The molecule has 0 spiro atoms. The molecule has 2 aromatic rings. The van der Waals surface area contributed by atoms with Crippen LogP contribution in [0, 0.1) is 13.8 Å². The first-order valence-corrected chi connectivity index (χ1v) is 13.5. The Hall–Kier alpha value is -1.86. The molecule has 0 saturated heterocycles. The maximum absolute atomic E-state index is 4.02. The molecule has 0 fully saturated rings. The third kappa shape index (κ3) is 7.85. The van der Waals surface area contributed by atoms with Crippen molar-refractivity contribution in [3.8, 4) is 0 Å². The monoisotopic (exact) mass is 447 g/mol. The summed E-state index contributed by atoms with van der Waals surface area (Å²) >= 11 is 0. The van der Waals surface area contributed by atoms with Crippen LogP contribution in [0.2, 0.25) is 0 Å². The van der Waals surface area contributed by atoms with Crippen molar-refractivity contribution in [2.75, 3.05) is 6.54 Å². The summed E-state index contributed by atoms with van der Waals surface area (Å²) in [5.74, 6) is 0. The largest absolute Gasteiger partial charge is 0.297 e. The van der Waals surface area contributed by atoms with Gasteiger partial charge in [-0.15, -0.1) is 0 Å². The summed E-state index contributed by atoms with van der Waals surface area (Å²) in [6.07, 6.45) is 13.5. The van der Waals surface area contributed by atoms with E-state index in [2.05, 4.69) is 83.4 Å². The number of benzene rings is 2. The Balaban J connectivity index is 2.09. The first-order chi connectivity index (χ1) is 16.0. The molecule has 0 N–H and O–H groups in total.